The van der Waals surface area contributed by atoms with E-state index in [0.717, 1.165) is 25.5 Å². The van der Waals surface area contributed by atoms with Crippen LogP contribution in [0.2, 0.25) is 0 Å². The van der Waals surface area contributed by atoms with Crippen LogP contribution >= 0.6 is 0 Å². The zero-order chi connectivity index (χ0) is 8.81. The van der Waals surface area contributed by atoms with Crippen molar-refractivity contribution in [1.29, 1.82) is 0 Å². The predicted octanol–water partition coefficient (Wildman–Crippen LogP) is 1.93. The zero-order valence-corrected chi connectivity index (χ0v) is 8.09. The summed E-state index contributed by atoms with van der Waals surface area (Å²) in [6.07, 6.45) is 6.66. The quantitative estimate of drug-likeness (QED) is 0.701. The maximum atomic E-state index is 5.68. The molecule has 1 rings (SSSR count). The first-order valence-electron chi connectivity index (χ1n) is 5.18. The van der Waals surface area contributed by atoms with Crippen LogP contribution in [0.25, 0.3) is 0 Å². The summed E-state index contributed by atoms with van der Waals surface area (Å²) in [5.74, 6) is 0.770. The second-order valence-corrected chi connectivity index (χ2v) is 3.75. The van der Waals surface area contributed by atoms with Gasteiger partial charge in [-0.15, -0.1) is 0 Å². The van der Waals surface area contributed by atoms with Crippen LogP contribution < -0.4 is 5.73 Å². The Morgan fingerprint density at radius 2 is 1.92 bits per heavy atom. The summed E-state index contributed by atoms with van der Waals surface area (Å²) in [5.41, 5.74) is 5.61. The van der Waals surface area contributed by atoms with E-state index in [2.05, 4.69) is 6.92 Å². The van der Waals surface area contributed by atoms with Crippen LogP contribution in [-0.2, 0) is 4.74 Å². The van der Waals surface area contributed by atoms with Gasteiger partial charge in [0.25, 0.3) is 0 Å². The van der Waals surface area contributed by atoms with Crippen LogP contribution in [0.3, 0.4) is 0 Å². The van der Waals surface area contributed by atoms with Crippen LogP contribution in [0.15, 0.2) is 0 Å². The average molecular weight is 171 g/mol. The van der Waals surface area contributed by atoms with Crippen LogP contribution in [-0.4, -0.2) is 19.3 Å². The van der Waals surface area contributed by atoms with Crippen molar-refractivity contribution in [3.63, 3.8) is 0 Å². The number of hydrogen-bond acceptors (Lipinski definition) is 2. The highest BCUT2D eigenvalue weighted by molar-refractivity contribution is 4.72. The Kier molecular flexibility index (Phi) is 4.62. The molecule has 0 amide bonds. The Bertz CT molecular complexity index is 108. The van der Waals surface area contributed by atoms with Crippen molar-refractivity contribution in [3.05, 3.63) is 0 Å². The van der Waals surface area contributed by atoms with E-state index >= 15 is 0 Å². The third-order valence-corrected chi connectivity index (χ3v) is 2.68. The third-order valence-electron chi connectivity index (χ3n) is 2.68. The minimum Gasteiger partial charge on any atom is -0.378 e. The van der Waals surface area contributed by atoms with E-state index in [4.69, 9.17) is 10.5 Å². The summed E-state index contributed by atoms with van der Waals surface area (Å²) in [6.45, 7) is 3.95. The summed E-state index contributed by atoms with van der Waals surface area (Å²) in [5, 5.41) is 0. The van der Waals surface area contributed by atoms with Crippen molar-refractivity contribution in [2.24, 2.45) is 11.7 Å². The Balaban J connectivity index is 2.09. The van der Waals surface area contributed by atoms with Gasteiger partial charge >= 0.3 is 0 Å². The van der Waals surface area contributed by atoms with E-state index in [1.165, 1.54) is 25.7 Å². The topological polar surface area (TPSA) is 35.2 Å². The van der Waals surface area contributed by atoms with Gasteiger partial charge in [-0.2, -0.15) is 0 Å². The summed E-state index contributed by atoms with van der Waals surface area (Å²) >= 11 is 0. The van der Waals surface area contributed by atoms with Gasteiger partial charge in [0.2, 0.25) is 0 Å². The van der Waals surface area contributed by atoms with Crippen LogP contribution in [0, 0.1) is 5.92 Å². The van der Waals surface area contributed by atoms with Crippen molar-refractivity contribution >= 4 is 0 Å². The average Bonchev–Trinajstić information content (AvgIpc) is 2.15. The molecule has 1 fully saturated rings. The molecular weight excluding hydrogens is 150 g/mol. The second kappa shape index (κ2) is 5.55. The van der Waals surface area contributed by atoms with E-state index in [-0.39, 0.29) is 0 Å². The van der Waals surface area contributed by atoms with E-state index in [1.54, 1.807) is 0 Å². The molecule has 72 valence electrons. The molecule has 2 nitrogen and oxygen atoms in total. The molecule has 0 aromatic carbocycles. The molecule has 0 radical (unpaired) electrons. The first kappa shape index (κ1) is 10.0. The van der Waals surface area contributed by atoms with Gasteiger partial charge in [-0.1, -0.05) is 6.92 Å². The van der Waals surface area contributed by atoms with Crippen molar-refractivity contribution < 1.29 is 4.74 Å². The smallest absolute Gasteiger partial charge is 0.0575 e. The number of hydrogen-bond donors (Lipinski definition) is 1. The van der Waals surface area contributed by atoms with Gasteiger partial charge in [-0.05, 0) is 44.6 Å². The lowest BCUT2D eigenvalue weighted by Gasteiger charge is -2.27. The van der Waals surface area contributed by atoms with Crippen molar-refractivity contribution in [2.75, 3.05) is 13.2 Å². The number of nitrogens with two attached hydrogens (primary N) is 1. The van der Waals surface area contributed by atoms with Crippen LogP contribution in [0.5, 0.6) is 0 Å². The highest BCUT2D eigenvalue weighted by atomic mass is 16.5. The van der Waals surface area contributed by atoms with E-state index in [9.17, 15) is 0 Å². The molecule has 1 aliphatic carbocycles. The molecular formula is C10H21NO. The first-order chi connectivity index (χ1) is 5.86. The molecule has 12 heavy (non-hydrogen) atoms. The van der Waals surface area contributed by atoms with Gasteiger partial charge < -0.3 is 10.5 Å². The lowest BCUT2D eigenvalue weighted by molar-refractivity contribution is 0.0194. The van der Waals surface area contributed by atoms with Crippen LogP contribution in [0.1, 0.15) is 39.0 Å². The number of ether oxygens (including phenoxy) is 1. The standard InChI is InChI=1S/C10H21NO/c1-2-7-12-10-5-3-9(8-11)4-6-10/h9-10H,2-8,11H2,1H3. The van der Waals surface area contributed by atoms with Gasteiger partial charge in [-0.3, -0.25) is 0 Å². The fourth-order valence-electron chi connectivity index (χ4n) is 1.82. The fourth-order valence-corrected chi connectivity index (χ4v) is 1.82. The van der Waals surface area contributed by atoms with Crippen molar-refractivity contribution in [2.45, 2.75) is 45.1 Å². The highest BCUT2D eigenvalue weighted by Crippen LogP contribution is 2.25. The molecule has 0 bridgehead atoms. The largest absolute Gasteiger partial charge is 0.378 e. The van der Waals surface area contributed by atoms with E-state index in [1.807, 2.05) is 0 Å². The molecule has 2 N–H and O–H groups in total. The predicted molar refractivity (Wildman–Crippen MR) is 51.0 cm³/mol. The normalized spacial score (nSPS) is 30.5. The van der Waals surface area contributed by atoms with Gasteiger partial charge in [-0.25, -0.2) is 0 Å². The second-order valence-electron chi connectivity index (χ2n) is 3.75. The Morgan fingerprint density at radius 3 is 2.42 bits per heavy atom. The Labute approximate surface area is 75.5 Å². The minimum atomic E-state index is 0.535. The van der Waals surface area contributed by atoms with Gasteiger partial charge in [0.15, 0.2) is 0 Å². The van der Waals surface area contributed by atoms with Gasteiger partial charge in [0.05, 0.1) is 6.10 Å². The van der Waals surface area contributed by atoms with Gasteiger partial charge in [0, 0.05) is 6.61 Å². The maximum Gasteiger partial charge on any atom is 0.0575 e. The first-order valence-corrected chi connectivity index (χ1v) is 5.18. The molecule has 0 saturated heterocycles. The Hall–Kier alpha value is -0.0800. The summed E-state index contributed by atoms with van der Waals surface area (Å²) < 4.78 is 5.68. The molecule has 0 unspecified atom stereocenters. The minimum absolute atomic E-state index is 0.535. The lowest BCUT2D eigenvalue weighted by Crippen LogP contribution is -2.26. The fraction of sp³-hybridized carbons (Fsp3) is 1.00. The molecule has 0 aromatic heterocycles. The summed E-state index contributed by atoms with van der Waals surface area (Å²) in [7, 11) is 0. The number of rotatable bonds is 4. The molecule has 1 aliphatic rings. The molecule has 0 aromatic rings. The zero-order valence-electron chi connectivity index (χ0n) is 8.09. The molecule has 2 heteroatoms. The lowest BCUT2D eigenvalue weighted by atomic mass is 9.87. The highest BCUT2D eigenvalue weighted by Gasteiger charge is 2.19. The van der Waals surface area contributed by atoms with E-state index in [0.29, 0.717) is 6.10 Å². The van der Waals surface area contributed by atoms with E-state index < -0.39 is 0 Å². The molecule has 0 heterocycles. The molecule has 0 spiro atoms. The summed E-state index contributed by atoms with van der Waals surface area (Å²) in [4.78, 5) is 0. The van der Waals surface area contributed by atoms with Crippen molar-refractivity contribution in [1.82, 2.24) is 0 Å². The molecule has 0 aliphatic heterocycles. The SMILES string of the molecule is CCCOC1CCC(CN)CC1. The molecule has 0 atom stereocenters. The summed E-state index contributed by atoms with van der Waals surface area (Å²) in [6, 6.07) is 0. The molecule has 1 saturated carbocycles. The van der Waals surface area contributed by atoms with Crippen molar-refractivity contribution in [3.8, 4) is 0 Å². The monoisotopic (exact) mass is 171 g/mol. The third kappa shape index (κ3) is 3.11. The van der Waals surface area contributed by atoms with Crippen LogP contribution in [0.4, 0.5) is 0 Å². The van der Waals surface area contributed by atoms with Gasteiger partial charge in [0.1, 0.15) is 0 Å². The Morgan fingerprint density at radius 1 is 1.25 bits per heavy atom. The maximum absolute atomic E-state index is 5.68.